The number of nitrogen functional groups attached to an aromatic ring is 1. The molecule has 0 radical (unpaired) electrons. The highest BCUT2D eigenvalue weighted by Crippen LogP contribution is 2.12. The number of aromatic nitrogens is 1. The van der Waals surface area contributed by atoms with Gasteiger partial charge in [0.25, 0.3) is 5.91 Å². The first-order valence-corrected chi connectivity index (χ1v) is 3.95. The molecule has 0 bridgehead atoms. The van der Waals surface area contributed by atoms with Crippen LogP contribution in [0, 0.1) is 0 Å². The molecule has 0 fully saturated rings. The number of carbonyl (C=O) groups is 1. The molecule has 0 atom stereocenters. The summed E-state index contributed by atoms with van der Waals surface area (Å²) in [4.78, 5) is 14.8. The molecule has 4 nitrogen and oxygen atoms in total. The van der Waals surface area contributed by atoms with E-state index in [0.717, 1.165) is 0 Å². The van der Waals surface area contributed by atoms with Gasteiger partial charge in [-0.3, -0.25) is 4.79 Å². The van der Waals surface area contributed by atoms with E-state index >= 15 is 0 Å². The van der Waals surface area contributed by atoms with Crippen molar-refractivity contribution >= 4 is 11.7 Å². The maximum absolute atomic E-state index is 11.8. The Kier molecular flexibility index (Phi) is 3.13. The van der Waals surface area contributed by atoms with Gasteiger partial charge < -0.3 is 11.1 Å². The van der Waals surface area contributed by atoms with E-state index in [1.165, 1.54) is 18.3 Å². The van der Waals surface area contributed by atoms with E-state index in [9.17, 15) is 18.0 Å². The summed E-state index contributed by atoms with van der Waals surface area (Å²) in [6.45, 7) is -1.37. The largest absolute Gasteiger partial charge is 0.405 e. The molecule has 1 heterocycles. The van der Waals surface area contributed by atoms with Crippen LogP contribution < -0.4 is 11.1 Å². The second-order valence-corrected chi connectivity index (χ2v) is 2.77. The molecule has 0 aliphatic carbocycles. The van der Waals surface area contributed by atoms with Crippen LogP contribution in [-0.2, 0) is 0 Å². The van der Waals surface area contributed by atoms with Crippen molar-refractivity contribution in [3.05, 3.63) is 23.9 Å². The Morgan fingerprint density at radius 3 is 2.73 bits per heavy atom. The van der Waals surface area contributed by atoms with Gasteiger partial charge in [-0.15, -0.1) is 0 Å². The highest BCUT2D eigenvalue weighted by Gasteiger charge is 2.27. The first-order valence-electron chi connectivity index (χ1n) is 3.95. The predicted octanol–water partition coefficient (Wildman–Crippen LogP) is 0.956. The number of nitrogens with zero attached hydrogens (tertiary/aromatic N) is 1. The molecular formula is C8H8F3N3O. The number of hydrogen-bond donors (Lipinski definition) is 2. The van der Waals surface area contributed by atoms with Gasteiger partial charge in [0.2, 0.25) is 0 Å². The van der Waals surface area contributed by atoms with E-state index < -0.39 is 18.6 Å². The van der Waals surface area contributed by atoms with Gasteiger partial charge in [0.05, 0.1) is 0 Å². The molecule has 1 aromatic heterocycles. The topological polar surface area (TPSA) is 68.0 Å². The minimum Gasteiger partial charge on any atom is -0.384 e. The number of nitrogens with one attached hydrogen (secondary N) is 1. The van der Waals surface area contributed by atoms with Gasteiger partial charge in [-0.05, 0) is 12.1 Å². The smallest absolute Gasteiger partial charge is 0.384 e. The fourth-order valence-corrected chi connectivity index (χ4v) is 0.872. The van der Waals surface area contributed by atoms with Crippen molar-refractivity contribution in [1.29, 1.82) is 0 Å². The lowest BCUT2D eigenvalue weighted by Crippen LogP contribution is -2.33. The molecule has 0 unspecified atom stereocenters. The SMILES string of the molecule is Nc1cc(C(=O)NCC(F)(F)F)ccn1. The Morgan fingerprint density at radius 1 is 1.53 bits per heavy atom. The molecule has 15 heavy (non-hydrogen) atoms. The number of hydrogen-bond acceptors (Lipinski definition) is 3. The quantitative estimate of drug-likeness (QED) is 0.778. The minimum absolute atomic E-state index is 0.0479. The number of alkyl halides is 3. The van der Waals surface area contributed by atoms with E-state index in [1.54, 1.807) is 5.32 Å². The van der Waals surface area contributed by atoms with Crippen LogP contribution in [0.25, 0.3) is 0 Å². The lowest BCUT2D eigenvalue weighted by molar-refractivity contribution is -0.123. The summed E-state index contributed by atoms with van der Waals surface area (Å²) in [6.07, 6.45) is -3.17. The fraction of sp³-hybridized carbons (Fsp3) is 0.250. The molecule has 82 valence electrons. The summed E-state index contributed by atoms with van der Waals surface area (Å²) in [7, 11) is 0. The third-order valence-electron chi connectivity index (χ3n) is 1.49. The summed E-state index contributed by atoms with van der Waals surface area (Å²) in [5.74, 6) is -0.754. The zero-order chi connectivity index (χ0) is 11.5. The minimum atomic E-state index is -4.42. The molecule has 0 saturated carbocycles. The third kappa shape index (κ3) is 3.84. The second-order valence-electron chi connectivity index (χ2n) is 2.77. The molecular weight excluding hydrogens is 211 g/mol. The van der Waals surface area contributed by atoms with E-state index in [1.807, 2.05) is 0 Å². The molecule has 0 aromatic carbocycles. The van der Waals surface area contributed by atoms with Crippen molar-refractivity contribution in [3.63, 3.8) is 0 Å². The highest BCUT2D eigenvalue weighted by atomic mass is 19.4. The second kappa shape index (κ2) is 4.16. The summed E-state index contributed by atoms with van der Waals surface area (Å²) in [5, 5.41) is 1.72. The van der Waals surface area contributed by atoms with Crippen LogP contribution in [0.4, 0.5) is 19.0 Å². The van der Waals surface area contributed by atoms with Gasteiger partial charge in [0.1, 0.15) is 12.4 Å². The summed E-state index contributed by atoms with van der Waals surface area (Å²) in [5.41, 5.74) is 5.31. The van der Waals surface area contributed by atoms with Crippen LogP contribution in [0.15, 0.2) is 18.3 Å². The highest BCUT2D eigenvalue weighted by molar-refractivity contribution is 5.94. The average Bonchev–Trinajstić information content (AvgIpc) is 2.13. The maximum Gasteiger partial charge on any atom is 0.405 e. The van der Waals surface area contributed by atoms with Crippen molar-refractivity contribution in [3.8, 4) is 0 Å². The third-order valence-corrected chi connectivity index (χ3v) is 1.49. The zero-order valence-electron chi connectivity index (χ0n) is 7.51. The van der Waals surface area contributed by atoms with Crippen LogP contribution in [-0.4, -0.2) is 23.6 Å². The number of carbonyl (C=O) groups excluding carboxylic acids is 1. The number of halogens is 3. The first-order chi connectivity index (χ1) is 6.88. The Labute approximate surface area is 83.3 Å². The Balaban J connectivity index is 2.62. The lowest BCUT2D eigenvalue weighted by Gasteiger charge is -2.08. The molecule has 0 aliphatic heterocycles. The van der Waals surface area contributed by atoms with Crippen molar-refractivity contribution < 1.29 is 18.0 Å². The molecule has 0 spiro atoms. The number of anilines is 1. The van der Waals surface area contributed by atoms with Gasteiger partial charge in [0.15, 0.2) is 0 Å². The molecule has 0 saturated heterocycles. The van der Waals surface area contributed by atoms with Crippen molar-refractivity contribution in [1.82, 2.24) is 10.3 Å². The van der Waals surface area contributed by atoms with Crippen LogP contribution in [0.3, 0.4) is 0 Å². The molecule has 7 heteroatoms. The van der Waals surface area contributed by atoms with Crippen LogP contribution in [0.1, 0.15) is 10.4 Å². The lowest BCUT2D eigenvalue weighted by atomic mass is 10.2. The van der Waals surface area contributed by atoms with Gasteiger partial charge in [-0.1, -0.05) is 0 Å². The van der Waals surface area contributed by atoms with E-state index in [0.29, 0.717) is 0 Å². The van der Waals surface area contributed by atoms with Gasteiger partial charge >= 0.3 is 6.18 Å². The van der Waals surface area contributed by atoms with Gasteiger partial charge in [-0.2, -0.15) is 13.2 Å². The van der Waals surface area contributed by atoms with Gasteiger partial charge in [0, 0.05) is 11.8 Å². The summed E-state index contributed by atoms with van der Waals surface area (Å²) < 4.78 is 35.3. The van der Waals surface area contributed by atoms with E-state index in [-0.39, 0.29) is 11.4 Å². The summed E-state index contributed by atoms with van der Waals surface area (Å²) >= 11 is 0. The number of rotatable bonds is 2. The van der Waals surface area contributed by atoms with Gasteiger partial charge in [-0.25, -0.2) is 4.98 Å². The van der Waals surface area contributed by atoms with E-state index in [4.69, 9.17) is 5.73 Å². The van der Waals surface area contributed by atoms with Crippen molar-refractivity contribution in [2.75, 3.05) is 12.3 Å². The standard InChI is InChI=1S/C8H8F3N3O/c9-8(10,11)4-14-7(15)5-1-2-13-6(12)3-5/h1-3H,4H2,(H2,12,13)(H,14,15). The van der Waals surface area contributed by atoms with Crippen LogP contribution in [0.2, 0.25) is 0 Å². The molecule has 3 N–H and O–H groups in total. The normalized spacial score (nSPS) is 11.1. The molecule has 1 rings (SSSR count). The first kappa shape index (κ1) is 11.3. The predicted molar refractivity (Wildman–Crippen MR) is 47.0 cm³/mol. The number of pyridine rings is 1. The Bertz CT molecular complexity index is 364. The van der Waals surface area contributed by atoms with E-state index in [2.05, 4.69) is 4.98 Å². The monoisotopic (exact) mass is 219 g/mol. The molecule has 0 aliphatic rings. The van der Waals surface area contributed by atoms with Crippen LogP contribution >= 0.6 is 0 Å². The van der Waals surface area contributed by atoms with Crippen LogP contribution in [0.5, 0.6) is 0 Å². The molecule has 1 aromatic rings. The van der Waals surface area contributed by atoms with Crippen molar-refractivity contribution in [2.45, 2.75) is 6.18 Å². The Hall–Kier alpha value is -1.79. The Morgan fingerprint density at radius 2 is 2.20 bits per heavy atom. The molecule has 1 amide bonds. The summed E-state index contributed by atoms with van der Waals surface area (Å²) in [6, 6.07) is 2.48. The van der Waals surface area contributed by atoms with Crippen molar-refractivity contribution in [2.24, 2.45) is 0 Å². The maximum atomic E-state index is 11.8. The zero-order valence-corrected chi connectivity index (χ0v) is 7.51. The number of amides is 1. The fourth-order valence-electron chi connectivity index (χ4n) is 0.872. The average molecular weight is 219 g/mol. The number of nitrogens with two attached hydrogens (primary N) is 1.